The van der Waals surface area contributed by atoms with Crippen molar-refractivity contribution in [2.24, 2.45) is 11.7 Å². The van der Waals surface area contributed by atoms with Gasteiger partial charge in [-0.15, -0.1) is 0 Å². The van der Waals surface area contributed by atoms with E-state index in [-0.39, 0.29) is 17.1 Å². The highest BCUT2D eigenvalue weighted by Crippen LogP contribution is 2.34. The molecule has 0 fully saturated rings. The molecule has 2 aromatic rings. The van der Waals surface area contributed by atoms with E-state index < -0.39 is 33.6 Å². The molecule has 0 saturated carbocycles. The molecule has 144 valence electrons. The average molecular weight is 410 g/mol. The van der Waals surface area contributed by atoms with Crippen LogP contribution in [-0.4, -0.2) is 42.4 Å². The Hall–Kier alpha value is -2.06. The van der Waals surface area contributed by atoms with Crippen molar-refractivity contribution in [2.45, 2.75) is 19.1 Å². The number of rotatable bonds is 5. The third-order valence-corrected chi connectivity index (χ3v) is 3.76. The summed E-state index contributed by atoms with van der Waals surface area (Å²) in [5.41, 5.74) is 3.52. The Morgan fingerprint density at radius 1 is 1.42 bits per heavy atom. The van der Waals surface area contributed by atoms with E-state index in [1.807, 2.05) is 0 Å². The second-order valence-corrected chi connectivity index (χ2v) is 6.58. The van der Waals surface area contributed by atoms with Crippen LogP contribution in [0, 0.1) is 17.6 Å². The Balaban J connectivity index is 0.000000597. The van der Waals surface area contributed by atoms with Crippen LogP contribution in [0.25, 0.3) is 0 Å². The summed E-state index contributed by atoms with van der Waals surface area (Å²) in [6.45, 7) is 1.38. The van der Waals surface area contributed by atoms with E-state index >= 15 is 0 Å². The van der Waals surface area contributed by atoms with E-state index in [0.29, 0.717) is 0 Å². The van der Waals surface area contributed by atoms with Crippen molar-refractivity contribution in [3.8, 4) is 0 Å². The molecular weight excluding hydrogens is 394 g/mol. The zero-order chi connectivity index (χ0) is 20.1. The van der Waals surface area contributed by atoms with Gasteiger partial charge in [-0.3, -0.25) is 9.11 Å². The number of aliphatic hydroxyl groups is 1. The molecule has 1 heterocycles. The largest absolute Gasteiger partial charge is 0.394 e. The number of aromatic nitrogens is 3. The maximum absolute atomic E-state index is 14.1. The third-order valence-electron chi connectivity index (χ3n) is 3.41. The molecule has 0 bridgehead atoms. The Labute approximate surface area is 153 Å². The van der Waals surface area contributed by atoms with Crippen LogP contribution in [0.15, 0.2) is 30.9 Å². The second kappa shape index (κ2) is 8.55. The van der Waals surface area contributed by atoms with E-state index in [4.69, 9.17) is 35.5 Å². The van der Waals surface area contributed by atoms with Crippen LogP contribution in [0.1, 0.15) is 12.5 Å². The molecule has 0 unspecified atom stereocenters. The average Bonchev–Trinajstić information content (AvgIpc) is 2.99. The zero-order valence-corrected chi connectivity index (χ0v) is 15.0. The van der Waals surface area contributed by atoms with E-state index in [9.17, 15) is 13.9 Å². The van der Waals surface area contributed by atoms with Crippen molar-refractivity contribution in [1.29, 1.82) is 0 Å². The highest BCUT2D eigenvalue weighted by Gasteiger charge is 2.40. The third kappa shape index (κ3) is 6.34. The van der Waals surface area contributed by atoms with Gasteiger partial charge in [0, 0.05) is 11.5 Å². The molecule has 0 aliphatic rings. The molecule has 26 heavy (non-hydrogen) atoms. The topological polar surface area (TPSA) is 152 Å². The van der Waals surface area contributed by atoms with Gasteiger partial charge in [-0.25, -0.2) is 18.4 Å². The van der Waals surface area contributed by atoms with E-state index in [0.717, 1.165) is 18.2 Å². The van der Waals surface area contributed by atoms with Crippen molar-refractivity contribution in [1.82, 2.24) is 14.8 Å². The molecule has 5 N–H and O–H groups in total. The van der Waals surface area contributed by atoms with Gasteiger partial charge in [0.05, 0.1) is 11.5 Å². The molecular formula is C13H16F2N4O5S2. The summed E-state index contributed by atoms with van der Waals surface area (Å²) >= 11 is 4.89. The molecule has 0 saturated heterocycles. The van der Waals surface area contributed by atoms with Gasteiger partial charge in [0.2, 0.25) is 0 Å². The Morgan fingerprint density at radius 2 is 2.00 bits per heavy atom. The van der Waals surface area contributed by atoms with Crippen molar-refractivity contribution in [3.05, 3.63) is 48.1 Å². The Bertz CT molecular complexity index is 855. The van der Waals surface area contributed by atoms with E-state index in [2.05, 4.69) is 10.1 Å². The summed E-state index contributed by atoms with van der Waals surface area (Å²) in [6, 6.07) is 2.85. The van der Waals surface area contributed by atoms with Crippen LogP contribution in [-0.2, 0) is 22.5 Å². The number of nitrogens with zero attached hydrogens (tertiary/aromatic N) is 3. The smallest absolute Gasteiger partial charge is 0.393 e. The van der Waals surface area contributed by atoms with Crippen LogP contribution in [0.5, 0.6) is 0 Å². The molecule has 2 rings (SSSR count). The predicted octanol–water partition coefficient (Wildman–Crippen LogP) is 0.713. The number of nitrogens with two attached hydrogens (primary N) is 1. The number of halogens is 2. The monoisotopic (exact) mass is 410 g/mol. The van der Waals surface area contributed by atoms with E-state index in [1.165, 1.54) is 17.3 Å². The van der Waals surface area contributed by atoms with Crippen molar-refractivity contribution >= 4 is 27.6 Å². The lowest BCUT2D eigenvalue weighted by molar-refractivity contribution is -0.0155. The Morgan fingerprint density at radius 3 is 2.46 bits per heavy atom. The molecule has 1 aromatic carbocycles. The molecule has 9 nitrogen and oxygen atoms in total. The number of benzene rings is 1. The quantitative estimate of drug-likeness (QED) is 0.412. The number of hydrogen-bond acceptors (Lipinski definition) is 6. The normalized spacial score (nSPS) is 14.7. The van der Waals surface area contributed by atoms with Gasteiger partial charge < -0.3 is 10.8 Å². The summed E-state index contributed by atoms with van der Waals surface area (Å²) in [7, 11) is -4.67. The number of hydrogen-bond donors (Lipinski definition) is 4. The van der Waals surface area contributed by atoms with Gasteiger partial charge in [-0.2, -0.15) is 13.5 Å². The van der Waals surface area contributed by atoms with Gasteiger partial charge in [0.1, 0.15) is 29.9 Å². The fourth-order valence-corrected chi connectivity index (χ4v) is 2.28. The first kappa shape index (κ1) is 22.0. The lowest BCUT2D eigenvalue weighted by atomic mass is 9.81. The van der Waals surface area contributed by atoms with E-state index in [1.54, 1.807) is 6.92 Å². The van der Waals surface area contributed by atoms with Gasteiger partial charge in [0.25, 0.3) is 0 Å². The lowest BCUT2D eigenvalue weighted by Crippen LogP contribution is -2.44. The molecule has 1 aromatic heterocycles. The molecule has 0 aliphatic carbocycles. The van der Waals surface area contributed by atoms with Crippen LogP contribution < -0.4 is 5.73 Å². The molecule has 0 radical (unpaired) electrons. The zero-order valence-electron chi connectivity index (χ0n) is 13.3. The molecule has 0 amide bonds. The van der Waals surface area contributed by atoms with Crippen molar-refractivity contribution in [3.63, 3.8) is 0 Å². The van der Waals surface area contributed by atoms with Gasteiger partial charge in [-0.1, -0.05) is 19.1 Å². The lowest BCUT2D eigenvalue weighted by Gasteiger charge is -2.34. The highest BCUT2D eigenvalue weighted by atomic mass is 32.3. The first-order valence-electron chi connectivity index (χ1n) is 6.84. The minimum atomic E-state index is -4.67. The minimum Gasteiger partial charge on any atom is -0.393 e. The standard InChI is InChI=1S/C13H14F2N4OS.H2O4S/c1-8(12(16)21)13(20,5-19-7-17-6-18-19)10-4-9(14)2-3-11(10)15;1-5(2,3)4/h2-4,6-8,20H,5H2,1H3,(H2,16,21);(H2,1,2,3,4)/t8-,13+;/m0./s1. The predicted molar refractivity (Wildman–Crippen MR) is 90.4 cm³/mol. The van der Waals surface area contributed by atoms with Crippen LogP contribution in [0.2, 0.25) is 0 Å². The molecule has 2 atom stereocenters. The first-order valence-corrected chi connectivity index (χ1v) is 8.64. The minimum absolute atomic E-state index is 0.0127. The second-order valence-electron chi connectivity index (χ2n) is 5.21. The molecule has 0 aliphatic heterocycles. The fourth-order valence-electron chi connectivity index (χ4n) is 2.08. The summed E-state index contributed by atoms with van der Waals surface area (Å²) < 4.78 is 60.4. The van der Waals surface area contributed by atoms with Crippen LogP contribution >= 0.6 is 12.2 Å². The number of thiocarbonyl (C=S) groups is 1. The highest BCUT2D eigenvalue weighted by molar-refractivity contribution is 7.80. The molecule has 13 heteroatoms. The Kier molecular flexibility index (Phi) is 7.23. The van der Waals surface area contributed by atoms with Crippen molar-refractivity contribution in [2.75, 3.05) is 0 Å². The maximum atomic E-state index is 14.1. The van der Waals surface area contributed by atoms with Crippen molar-refractivity contribution < 1.29 is 31.4 Å². The molecule has 0 spiro atoms. The maximum Gasteiger partial charge on any atom is 0.394 e. The summed E-state index contributed by atoms with van der Waals surface area (Å²) in [4.78, 5) is 3.74. The van der Waals surface area contributed by atoms with Gasteiger partial charge in [-0.05, 0) is 18.2 Å². The summed E-state index contributed by atoms with van der Waals surface area (Å²) in [5.74, 6) is -2.21. The van der Waals surface area contributed by atoms with Crippen LogP contribution in [0.4, 0.5) is 8.78 Å². The van der Waals surface area contributed by atoms with Crippen LogP contribution in [0.3, 0.4) is 0 Å². The first-order chi connectivity index (χ1) is 11.8. The summed E-state index contributed by atoms with van der Waals surface area (Å²) in [6.07, 6.45) is 2.63. The SMILES string of the molecule is C[C@@H](C(N)=S)[C@](O)(Cn1cncn1)c1cc(F)ccc1F.O=S(=O)(O)O. The fraction of sp³-hybridized carbons (Fsp3) is 0.308. The van der Waals surface area contributed by atoms with Gasteiger partial charge in [0.15, 0.2) is 0 Å². The summed E-state index contributed by atoms with van der Waals surface area (Å²) in [5, 5.41) is 14.8. The van der Waals surface area contributed by atoms with Gasteiger partial charge >= 0.3 is 10.4 Å².